The highest BCUT2D eigenvalue weighted by atomic mass is 32.1. The number of fused-ring (bicyclic) bond motifs is 1. The zero-order valence-electron chi connectivity index (χ0n) is 13.1. The summed E-state index contributed by atoms with van der Waals surface area (Å²) in [6.45, 7) is 4.12. The summed E-state index contributed by atoms with van der Waals surface area (Å²) in [5, 5.41) is 5.96. The van der Waals surface area contributed by atoms with Gasteiger partial charge in [0.15, 0.2) is 16.6 Å². The van der Waals surface area contributed by atoms with E-state index in [2.05, 4.69) is 20.1 Å². The van der Waals surface area contributed by atoms with Gasteiger partial charge in [0.05, 0.1) is 6.54 Å². The molecule has 8 heteroatoms. The van der Waals surface area contributed by atoms with Crippen LogP contribution in [-0.2, 0) is 4.79 Å². The first-order valence-corrected chi connectivity index (χ1v) is 8.72. The molecule has 24 heavy (non-hydrogen) atoms. The number of anilines is 2. The van der Waals surface area contributed by atoms with Crippen LogP contribution in [0.3, 0.4) is 0 Å². The largest absolute Gasteiger partial charge is 0.454 e. The average molecular weight is 346 g/mol. The van der Waals surface area contributed by atoms with Crippen LogP contribution in [-0.4, -0.2) is 55.3 Å². The normalized spacial score (nSPS) is 17.1. The van der Waals surface area contributed by atoms with E-state index in [1.165, 1.54) is 0 Å². The summed E-state index contributed by atoms with van der Waals surface area (Å²) in [5.41, 5.74) is 0.727. The molecule has 2 aliphatic rings. The summed E-state index contributed by atoms with van der Waals surface area (Å²) in [6, 6.07) is 5.43. The lowest BCUT2D eigenvalue weighted by Crippen LogP contribution is -2.48. The number of piperazine rings is 1. The first-order valence-electron chi connectivity index (χ1n) is 7.84. The fourth-order valence-corrected chi connectivity index (χ4v) is 3.54. The summed E-state index contributed by atoms with van der Waals surface area (Å²) in [4.78, 5) is 21.0. The van der Waals surface area contributed by atoms with E-state index in [-0.39, 0.29) is 12.7 Å². The summed E-state index contributed by atoms with van der Waals surface area (Å²) in [7, 11) is 0. The summed E-state index contributed by atoms with van der Waals surface area (Å²) >= 11 is 1.65. The number of benzene rings is 1. The number of hydrogen-bond acceptors (Lipinski definition) is 7. The maximum Gasteiger partial charge on any atom is 0.238 e. The minimum Gasteiger partial charge on any atom is -0.454 e. The second-order valence-electron chi connectivity index (χ2n) is 5.69. The molecule has 1 aromatic heterocycles. The SMILES string of the molecule is O=C(CN1CCN(c2nccs2)CC1)Nc1ccc2c(c1)OCO2. The van der Waals surface area contributed by atoms with Crippen LogP contribution in [0.1, 0.15) is 0 Å². The lowest BCUT2D eigenvalue weighted by atomic mass is 10.2. The molecule has 7 nitrogen and oxygen atoms in total. The first kappa shape index (κ1) is 15.2. The van der Waals surface area contributed by atoms with Gasteiger partial charge in [-0.15, -0.1) is 11.3 Å². The van der Waals surface area contributed by atoms with Gasteiger partial charge in [0.1, 0.15) is 0 Å². The number of carbonyl (C=O) groups is 1. The van der Waals surface area contributed by atoms with E-state index in [1.807, 2.05) is 23.7 Å². The molecule has 0 bridgehead atoms. The third-order valence-corrected chi connectivity index (χ3v) is 4.92. The van der Waals surface area contributed by atoms with Crippen LogP contribution in [0.25, 0.3) is 0 Å². The van der Waals surface area contributed by atoms with Crippen molar-refractivity contribution in [2.75, 3.05) is 49.7 Å². The Morgan fingerprint density at radius 3 is 2.83 bits per heavy atom. The fourth-order valence-electron chi connectivity index (χ4n) is 2.85. The molecule has 0 saturated carbocycles. The van der Waals surface area contributed by atoms with Crippen LogP contribution < -0.4 is 19.7 Å². The minimum absolute atomic E-state index is 0.0171. The van der Waals surface area contributed by atoms with E-state index in [4.69, 9.17) is 9.47 Å². The molecule has 0 spiro atoms. The van der Waals surface area contributed by atoms with Crippen molar-refractivity contribution in [3.05, 3.63) is 29.8 Å². The van der Waals surface area contributed by atoms with E-state index < -0.39 is 0 Å². The van der Waals surface area contributed by atoms with Crippen molar-refractivity contribution >= 4 is 28.1 Å². The zero-order chi connectivity index (χ0) is 16.4. The van der Waals surface area contributed by atoms with E-state index in [1.54, 1.807) is 17.4 Å². The third-order valence-electron chi connectivity index (χ3n) is 4.09. The Kier molecular flexibility index (Phi) is 4.22. The molecule has 1 amide bonds. The van der Waals surface area contributed by atoms with Gasteiger partial charge in [-0.25, -0.2) is 4.98 Å². The van der Waals surface area contributed by atoms with Gasteiger partial charge < -0.3 is 19.7 Å². The van der Waals surface area contributed by atoms with Crippen molar-refractivity contribution in [3.63, 3.8) is 0 Å². The van der Waals surface area contributed by atoms with Gasteiger partial charge in [-0.05, 0) is 12.1 Å². The predicted molar refractivity (Wildman–Crippen MR) is 92.0 cm³/mol. The number of aromatic nitrogens is 1. The molecule has 1 saturated heterocycles. The highest BCUT2D eigenvalue weighted by Crippen LogP contribution is 2.34. The van der Waals surface area contributed by atoms with E-state index in [0.29, 0.717) is 18.0 Å². The van der Waals surface area contributed by atoms with Crippen LogP contribution in [0.4, 0.5) is 10.8 Å². The smallest absolute Gasteiger partial charge is 0.238 e. The summed E-state index contributed by atoms with van der Waals surface area (Å²) < 4.78 is 10.6. The van der Waals surface area contributed by atoms with Crippen LogP contribution in [0.15, 0.2) is 29.8 Å². The second-order valence-corrected chi connectivity index (χ2v) is 6.57. The lowest BCUT2D eigenvalue weighted by molar-refractivity contribution is -0.117. The van der Waals surface area contributed by atoms with Gasteiger partial charge in [-0.3, -0.25) is 9.69 Å². The Bertz CT molecular complexity index is 714. The Hall–Kier alpha value is -2.32. The van der Waals surface area contributed by atoms with Gasteiger partial charge >= 0.3 is 0 Å². The van der Waals surface area contributed by atoms with Crippen LogP contribution in [0.5, 0.6) is 11.5 Å². The molecule has 2 aliphatic heterocycles. The lowest BCUT2D eigenvalue weighted by Gasteiger charge is -2.34. The van der Waals surface area contributed by atoms with E-state index in [0.717, 1.165) is 37.0 Å². The molecular formula is C16H18N4O3S. The van der Waals surface area contributed by atoms with Crippen molar-refractivity contribution < 1.29 is 14.3 Å². The van der Waals surface area contributed by atoms with Gasteiger partial charge in [-0.2, -0.15) is 0 Å². The summed E-state index contributed by atoms with van der Waals surface area (Å²) in [6.07, 6.45) is 1.82. The molecule has 0 radical (unpaired) electrons. The second kappa shape index (κ2) is 6.66. The third kappa shape index (κ3) is 3.29. The van der Waals surface area contributed by atoms with E-state index in [9.17, 15) is 4.79 Å². The van der Waals surface area contributed by atoms with E-state index >= 15 is 0 Å². The van der Waals surface area contributed by atoms with Crippen molar-refractivity contribution in [3.8, 4) is 11.5 Å². The van der Waals surface area contributed by atoms with Gasteiger partial charge in [0.2, 0.25) is 12.7 Å². The molecular weight excluding hydrogens is 328 g/mol. The highest BCUT2D eigenvalue weighted by molar-refractivity contribution is 7.13. The van der Waals surface area contributed by atoms with Gasteiger partial charge in [0.25, 0.3) is 0 Å². The van der Waals surface area contributed by atoms with Crippen LogP contribution >= 0.6 is 11.3 Å². The van der Waals surface area contributed by atoms with Crippen molar-refractivity contribution in [1.82, 2.24) is 9.88 Å². The average Bonchev–Trinajstić information content (AvgIpc) is 3.26. The standard InChI is InChI=1S/C16H18N4O3S/c21-15(18-12-1-2-13-14(9-12)23-11-22-13)10-19-4-6-20(7-5-19)16-17-3-8-24-16/h1-3,8-9H,4-7,10-11H2,(H,18,21). The molecule has 126 valence electrons. The first-order chi connectivity index (χ1) is 11.8. The van der Waals surface area contributed by atoms with Crippen molar-refractivity contribution in [1.29, 1.82) is 0 Å². The molecule has 3 heterocycles. The van der Waals surface area contributed by atoms with Crippen molar-refractivity contribution in [2.45, 2.75) is 0 Å². The maximum absolute atomic E-state index is 12.2. The number of thiazole rings is 1. The van der Waals surface area contributed by atoms with Gasteiger partial charge in [0, 0.05) is 49.5 Å². The van der Waals surface area contributed by atoms with Crippen LogP contribution in [0.2, 0.25) is 0 Å². The Labute approximate surface area is 143 Å². The Balaban J connectivity index is 1.28. The molecule has 1 N–H and O–H groups in total. The molecule has 0 atom stereocenters. The number of nitrogens with one attached hydrogen (secondary N) is 1. The number of carbonyl (C=O) groups excluding carboxylic acids is 1. The van der Waals surface area contributed by atoms with Crippen LogP contribution in [0, 0.1) is 0 Å². The number of hydrogen-bond donors (Lipinski definition) is 1. The quantitative estimate of drug-likeness (QED) is 0.908. The molecule has 1 aromatic carbocycles. The maximum atomic E-state index is 12.2. The molecule has 0 aliphatic carbocycles. The Morgan fingerprint density at radius 1 is 1.21 bits per heavy atom. The zero-order valence-corrected chi connectivity index (χ0v) is 13.9. The number of ether oxygens (including phenoxy) is 2. The van der Waals surface area contributed by atoms with Gasteiger partial charge in [-0.1, -0.05) is 0 Å². The molecule has 4 rings (SSSR count). The highest BCUT2D eigenvalue weighted by Gasteiger charge is 2.21. The monoisotopic (exact) mass is 346 g/mol. The molecule has 0 unspecified atom stereocenters. The fraction of sp³-hybridized carbons (Fsp3) is 0.375. The predicted octanol–water partition coefficient (Wildman–Crippen LogP) is 1.63. The Morgan fingerprint density at radius 2 is 2.04 bits per heavy atom. The topological polar surface area (TPSA) is 66.9 Å². The number of rotatable bonds is 4. The molecule has 1 fully saturated rings. The molecule has 2 aromatic rings. The van der Waals surface area contributed by atoms with Crippen molar-refractivity contribution in [2.24, 2.45) is 0 Å². The minimum atomic E-state index is -0.0171. The summed E-state index contributed by atoms with van der Waals surface area (Å²) in [5.74, 6) is 1.37. The number of nitrogens with zero attached hydrogens (tertiary/aromatic N) is 3. The number of amides is 1.